The van der Waals surface area contributed by atoms with Gasteiger partial charge < -0.3 is 24.4 Å². The average Bonchev–Trinajstić information content (AvgIpc) is 3.76. The zero-order chi connectivity index (χ0) is 27.9. The summed E-state index contributed by atoms with van der Waals surface area (Å²) in [5.74, 6) is -0.155. The number of benzene rings is 2. The molecule has 0 radical (unpaired) electrons. The third kappa shape index (κ3) is 6.80. The largest absolute Gasteiger partial charge is 0.497 e. The molecule has 2 aliphatic rings. The van der Waals surface area contributed by atoms with Crippen LogP contribution in [0.25, 0.3) is 11.4 Å². The van der Waals surface area contributed by atoms with E-state index in [1.54, 1.807) is 31.4 Å². The zero-order valence-electron chi connectivity index (χ0n) is 22.4. The van der Waals surface area contributed by atoms with Crippen molar-refractivity contribution < 1.29 is 28.2 Å². The fourth-order valence-corrected chi connectivity index (χ4v) is 4.97. The number of hydrogen-bond acceptors (Lipinski definition) is 8. The summed E-state index contributed by atoms with van der Waals surface area (Å²) in [4.78, 5) is 30.1. The lowest BCUT2D eigenvalue weighted by molar-refractivity contribution is -0.143. The first kappa shape index (κ1) is 27.7. The highest BCUT2D eigenvalue weighted by Crippen LogP contribution is 2.26. The predicted molar refractivity (Wildman–Crippen MR) is 142 cm³/mol. The second-order valence-corrected chi connectivity index (χ2v) is 9.89. The number of ether oxygens (including phenoxy) is 3. The normalized spacial score (nSPS) is 19.4. The van der Waals surface area contributed by atoms with Crippen LogP contribution in [0.3, 0.4) is 0 Å². The molecule has 40 heavy (non-hydrogen) atoms. The Labute approximate surface area is 231 Å². The number of hydrogen-bond donors (Lipinski definition) is 1. The smallest absolute Gasteiger partial charge is 0.247 e. The van der Waals surface area contributed by atoms with Crippen molar-refractivity contribution >= 4 is 11.8 Å². The molecule has 2 amide bonds. The molecule has 3 atom stereocenters. The number of rotatable bonds is 11. The molecule has 0 aliphatic carbocycles. The number of nitrogens with one attached hydrogen (secondary N) is 1. The van der Waals surface area contributed by atoms with E-state index in [0.29, 0.717) is 42.5 Å². The van der Waals surface area contributed by atoms with Crippen molar-refractivity contribution in [3.8, 4) is 17.1 Å². The molecule has 0 saturated carbocycles. The standard InChI is InChI=1S/C28H33FN6O5/c1-38-22-12-8-20(9-13-22)27-31-33-35(32-27)18-25(36)34(17-24-5-3-15-40-24)26(19-6-10-21(29)11-7-19)28(37)30-16-23-4-2-14-39-23/h6-13,23-24,26H,2-5,14-18H2,1H3,(H,30,37). The summed E-state index contributed by atoms with van der Waals surface area (Å²) in [6.45, 7) is 1.53. The number of tetrazole rings is 1. The molecule has 0 bridgehead atoms. The fourth-order valence-electron chi connectivity index (χ4n) is 4.97. The Kier molecular flexibility index (Phi) is 8.97. The Hall–Kier alpha value is -3.90. The molecule has 5 rings (SSSR count). The van der Waals surface area contributed by atoms with E-state index in [1.165, 1.54) is 34.0 Å². The minimum absolute atomic E-state index is 0.0733. The minimum Gasteiger partial charge on any atom is -0.497 e. The van der Waals surface area contributed by atoms with Crippen molar-refractivity contribution in [2.75, 3.05) is 33.4 Å². The summed E-state index contributed by atoms with van der Waals surface area (Å²) in [6, 6.07) is 11.8. The van der Waals surface area contributed by atoms with E-state index >= 15 is 0 Å². The van der Waals surface area contributed by atoms with Gasteiger partial charge in [-0.15, -0.1) is 10.2 Å². The summed E-state index contributed by atoms with van der Waals surface area (Å²) in [5, 5.41) is 15.5. The number of carbonyl (C=O) groups excluding carboxylic acids is 2. The second kappa shape index (κ2) is 13.0. The van der Waals surface area contributed by atoms with Crippen LogP contribution in [0.2, 0.25) is 0 Å². The van der Waals surface area contributed by atoms with E-state index in [1.807, 2.05) is 0 Å². The highest BCUT2D eigenvalue weighted by Gasteiger charge is 2.35. The van der Waals surface area contributed by atoms with Crippen LogP contribution in [-0.4, -0.2) is 82.5 Å². The summed E-state index contributed by atoms with van der Waals surface area (Å²) in [7, 11) is 1.58. The van der Waals surface area contributed by atoms with Crippen LogP contribution in [0.1, 0.15) is 37.3 Å². The Morgan fingerprint density at radius 2 is 1.77 bits per heavy atom. The van der Waals surface area contributed by atoms with Gasteiger partial charge in [0, 0.05) is 31.9 Å². The van der Waals surface area contributed by atoms with E-state index in [0.717, 1.165) is 25.7 Å². The molecule has 12 heteroatoms. The highest BCUT2D eigenvalue weighted by molar-refractivity contribution is 5.88. The van der Waals surface area contributed by atoms with Crippen molar-refractivity contribution in [3.63, 3.8) is 0 Å². The van der Waals surface area contributed by atoms with Crippen LogP contribution in [0, 0.1) is 5.82 Å². The van der Waals surface area contributed by atoms with E-state index in [9.17, 15) is 14.0 Å². The van der Waals surface area contributed by atoms with Gasteiger partial charge in [-0.05, 0) is 72.9 Å². The van der Waals surface area contributed by atoms with E-state index in [2.05, 4.69) is 20.7 Å². The SMILES string of the molecule is COc1ccc(-c2nnn(CC(=O)N(CC3CCCO3)C(C(=O)NCC3CCCO3)c3ccc(F)cc3)n2)cc1. The van der Waals surface area contributed by atoms with Gasteiger partial charge in [0.1, 0.15) is 24.2 Å². The van der Waals surface area contributed by atoms with Crippen molar-refractivity contribution in [1.82, 2.24) is 30.4 Å². The minimum atomic E-state index is -1.01. The molecule has 2 aromatic carbocycles. The Bertz CT molecular complexity index is 1270. The van der Waals surface area contributed by atoms with Gasteiger partial charge in [-0.1, -0.05) is 12.1 Å². The molecule has 212 valence electrons. The van der Waals surface area contributed by atoms with E-state index in [-0.39, 0.29) is 31.2 Å². The van der Waals surface area contributed by atoms with E-state index < -0.39 is 17.8 Å². The van der Waals surface area contributed by atoms with Gasteiger partial charge in [-0.25, -0.2) is 4.39 Å². The summed E-state index contributed by atoms with van der Waals surface area (Å²) in [6.07, 6.45) is 3.13. The van der Waals surface area contributed by atoms with Gasteiger partial charge in [0.05, 0.1) is 19.3 Å². The zero-order valence-corrected chi connectivity index (χ0v) is 22.4. The Morgan fingerprint density at radius 1 is 1.07 bits per heavy atom. The first-order valence-corrected chi connectivity index (χ1v) is 13.5. The van der Waals surface area contributed by atoms with Gasteiger partial charge in [0.25, 0.3) is 0 Å². The molecule has 2 aliphatic heterocycles. The first-order valence-electron chi connectivity index (χ1n) is 13.5. The third-order valence-corrected chi connectivity index (χ3v) is 7.10. The fraction of sp³-hybridized carbons (Fsp3) is 0.464. The molecule has 1 aromatic heterocycles. The predicted octanol–water partition coefficient (Wildman–Crippen LogP) is 2.53. The van der Waals surface area contributed by atoms with Gasteiger partial charge in [-0.2, -0.15) is 4.80 Å². The van der Waals surface area contributed by atoms with Gasteiger partial charge in [0.2, 0.25) is 17.6 Å². The maximum atomic E-state index is 13.8. The molecule has 2 saturated heterocycles. The van der Waals surface area contributed by atoms with Crippen molar-refractivity contribution in [2.24, 2.45) is 0 Å². The molecule has 0 spiro atoms. The lowest BCUT2D eigenvalue weighted by Gasteiger charge is -2.33. The van der Waals surface area contributed by atoms with Gasteiger partial charge in [0.15, 0.2) is 0 Å². The maximum Gasteiger partial charge on any atom is 0.247 e. The van der Waals surface area contributed by atoms with Crippen LogP contribution < -0.4 is 10.1 Å². The number of carbonyl (C=O) groups is 2. The summed E-state index contributed by atoms with van der Waals surface area (Å²) in [5.41, 5.74) is 1.21. The molecule has 3 aromatic rings. The number of aromatic nitrogens is 4. The molecule has 3 unspecified atom stereocenters. The molecular weight excluding hydrogens is 519 g/mol. The highest BCUT2D eigenvalue weighted by atomic mass is 19.1. The number of halogens is 1. The number of nitrogens with zero attached hydrogens (tertiary/aromatic N) is 5. The van der Waals surface area contributed by atoms with Crippen LogP contribution in [-0.2, 0) is 25.6 Å². The van der Waals surface area contributed by atoms with Gasteiger partial charge in [-0.3, -0.25) is 9.59 Å². The monoisotopic (exact) mass is 552 g/mol. The van der Waals surface area contributed by atoms with E-state index in [4.69, 9.17) is 14.2 Å². The molecule has 11 nitrogen and oxygen atoms in total. The lowest BCUT2D eigenvalue weighted by Crippen LogP contribution is -2.48. The van der Waals surface area contributed by atoms with Crippen LogP contribution in [0.15, 0.2) is 48.5 Å². The Balaban J connectivity index is 1.39. The van der Waals surface area contributed by atoms with Crippen molar-refractivity contribution in [1.29, 1.82) is 0 Å². The lowest BCUT2D eigenvalue weighted by atomic mass is 10.0. The van der Waals surface area contributed by atoms with Crippen molar-refractivity contribution in [2.45, 2.75) is 50.5 Å². The van der Waals surface area contributed by atoms with Crippen LogP contribution in [0.4, 0.5) is 4.39 Å². The summed E-state index contributed by atoms with van der Waals surface area (Å²) >= 11 is 0. The van der Waals surface area contributed by atoms with Gasteiger partial charge >= 0.3 is 0 Å². The summed E-state index contributed by atoms with van der Waals surface area (Å²) < 4.78 is 30.5. The number of amides is 2. The molecule has 3 heterocycles. The Morgan fingerprint density at radius 3 is 2.42 bits per heavy atom. The number of methoxy groups -OCH3 is 1. The van der Waals surface area contributed by atoms with Crippen LogP contribution >= 0.6 is 0 Å². The van der Waals surface area contributed by atoms with Crippen molar-refractivity contribution in [3.05, 3.63) is 59.9 Å². The molecule has 1 N–H and O–H groups in total. The van der Waals surface area contributed by atoms with Crippen LogP contribution in [0.5, 0.6) is 5.75 Å². The molecular formula is C28H33FN6O5. The third-order valence-electron chi connectivity index (χ3n) is 7.10. The quantitative estimate of drug-likeness (QED) is 0.385. The first-order chi connectivity index (χ1) is 19.5. The second-order valence-electron chi connectivity index (χ2n) is 9.89. The topological polar surface area (TPSA) is 121 Å². The average molecular weight is 553 g/mol. The molecule has 2 fully saturated rings. The maximum absolute atomic E-state index is 13.8.